The molecule has 0 bridgehead atoms. The second-order valence-electron chi connectivity index (χ2n) is 6.80. The number of aryl methyl sites for hydroxylation is 1. The van der Waals surface area contributed by atoms with Crippen molar-refractivity contribution in [2.75, 3.05) is 24.6 Å². The second kappa shape index (κ2) is 6.61. The minimum absolute atomic E-state index is 0.0334. The molecule has 4 rings (SSSR count). The fourth-order valence-corrected chi connectivity index (χ4v) is 4.84. The lowest BCUT2D eigenvalue weighted by Crippen LogP contribution is -2.58. The Labute approximate surface area is 180 Å². The van der Waals surface area contributed by atoms with Gasteiger partial charge in [0, 0.05) is 47.4 Å². The number of pyridine rings is 2. The van der Waals surface area contributed by atoms with Crippen LogP contribution in [0.15, 0.2) is 10.9 Å². The maximum absolute atomic E-state index is 13.5. The topological polar surface area (TPSA) is 50.6 Å². The first-order valence-electron chi connectivity index (χ1n) is 8.25. The SMILES string of the molecule is Cc1nc2c(cc1C(F)(F)F)c1c(c(=O)n2I)OCC2CN(I)C(C)CN12. The maximum Gasteiger partial charge on any atom is 0.418 e. The minimum Gasteiger partial charge on any atom is -0.484 e. The van der Waals surface area contributed by atoms with E-state index < -0.39 is 17.3 Å². The van der Waals surface area contributed by atoms with Crippen molar-refractivity contribution in [3.8, 4) is 5.75 Å². The largest absolute Gasteiger partial charge is 0.484 e. The van der Waals surface area contributed by atoms with Gasteiger partial charge in [-0.05, 0) is 19.9 Å². The van der Waals surface area contributed by atoms with Crippen LogP contribution in [-0.2, 0) is 6.18 Å². The molecule has 2 atom stereocenters. The van der Waals surface area contributed by atoms with Crippen LogP contribution >= 0.6 is 45.7 Å². The summed E-state index contributed by atoms with van der Waals surface area (Å²) in [6.45, 7) is 4.96. The molecule has 1 fully saturated rings. The van der Waals surface area contributed by atoms with Crippen LogP contribution in [0.2, 0.25) is 0 Å². The van der Waals surface area contributed by atoms with Gasteiger partial charge < -0.3 is 9.64 Å². The number of hydrogen-bond donors (Lipinski definition) is 0. The van der Waals surface area contributed by atoms with E-state index in [2.05, 4.69) is 31.0 Å². The average molecular weight is 606 g/mol. The van der Waals surface area contributed by atoms with Crippen LogP contribution in [0.1, 0.15) is 18.2 Å². The summed E-state index contributed by atoms with van der Waals surface area (Å²) in [6.07, 6.45) is -4.52. The summed E-state index contributed by atoms with van der Waals surface area (Å²) in [6, 6.07) is 1.25. The molecular formula is C16H15F3I2N4O2. The van der Waals surface area contributed by atoms with E-state index in [0.717, 1.165) is 6.07 Å². The molecule has 0 radical (unpaired) electrons. The lowest BCUT2D eigenvalue weighted by molar-refractivity contribution is -0.138. The molecule has 0 spiro atoms. The summed E-state index contributed by atoms with van der Waals surface area (Å²) in [5.41, 5.74) is -0.701. The summed E-state index contributed by atoms with van der Waals surface area (Å²) in [7, 11) is 0. The highest BCUT2D eigenvalue weighted by Gasteiger charge is 2.40. The third kappa shape index (κ3) is 3.09. The molecule has 146 valence electrons. The molecule has 2 aliphatic heterocycles. The average Bonchev–Trinajstić information content (AvgIpc) is 2.59. The number of hydrogen-bond acceptors (Lipinski definition) is 5. The predicted molar refractivity (Wildman–Crippen MR) is 112 cm³/mol. The zero-order valence-corrected chi connectivity index (χ0v) is 18.7. The highest BCUT2D eigenvalue weighted by molar-refractivity contribution is 14.1. The van der Waals surface area contributed by atoms with E-state index >= 15 is 0 Å². The van der Waals surface area contributed by atoms with Gasteiger partial charge in [0.25, 0.3) is 0 Å². The first-order valence-corrected chi connectivity index (χ1v) is 10.2. The molecule has 2 unspecified atom stereocenters. The number of nitrogens with zero attached hydrogens (tertiary/aromatic N) is 4. The Bertz CT molecular complexity index is 995. The minimum atomic E-state index is -4.52. The first kappa shape index (κ1) is 19.5. The van der Waals surface area contributed by atoms with Gasteiger partial charge in [0.1, 0.15) is 6.61 Å². The summed E-state index contributed by atoms with van der Waals surface area (Å²) in [5, 5.41) is 0.288. The van der Waals surface area contributed by atoms with Crippen molar-refractivity contribution in [1.82, 2.24) is 10.9 Å². The Hall–Kier alpha value is -0.830. The van der Waals surface area contributed by atoms with Crippen LogP contribution < -0.4 is 15.2 Å². The van der Waals surface area contributed by atoms with Crippen molar-refractivity contribution < 1.29 is 17.9 Å². The smallest absolute Gasteiger partial charge is 0.418 e. The number of halogens is 5. The summed E-state index contributed by atoms with van der Waals surface area (Å²) in [5.74, 6) is 0.0982. The molecule has 0 saturated carbocycles. The number of rotatable bonds is 0. The van der Waals surface area contributed by atoms with E-state index in [-0.39, 0.29) is 34.6 Å². The van der Waals surface area contributed by atoms with Crippen molar-refractivity contribution in [2.24, 2.45) is 0 Å². The number of anilines is 1. The third-order valence-corrected chi connectivity index (χ3v) is 7.24. The number of ether oxygens (including phenoxy) is 1. The van der Waals surface area contributed by atoms with Crippen LogP contribution in [0.25, 0.3) is 11.0 Å². The molecule has 1 saturated heterocycles. The van der Waals surface area contributed by atoms with Crippen molar-refractivity contribution in [3.63, 3.8) is 0 Å². The molecule has 2 aliphatic rings. The van der Waals surface area contributed by atoms with E-state index in [1.165, 1.54) is 9.70 Å². The normalized spacial score (nSPS) is 23.1. The molecule has 0 N–H and O–H groups in total. The zero-order chi connectivity index (χ0) is 19.7. The number of piperazine rings is 1. The van der Waals surface area contributed by atoms with Gasteiger partial charge >= 0.3 is 11.7 Å². The Morgan fingerprint density at radius 1 is 1.30 bits per heavy atom. The van der Waals surface area contributed by atoms with Gasteiger partial charge in [-0.1, -0.05) is 0 Å². The van der Waals surface area contributed by atoms with Crippen LogP contribution in [0, 0.1) is 6.92 Å². The van der Waals surface area contributed by atoms with Gasteiger partial charge in [0.2, 0.25) is 5.75 Å². The molecule has 6 nitrogen and oxygen atoms in total. The molecular weight excluding hydrogens is 591 g/mol. The monoisotopic (exact) mass is 606 g/mol. The number of fused-ring (bicyclic) bond motifs is 5. The summed E-state index contributed by atoms with van der Waals surface area (Å²) >= 11 is 4.01. The molecule has 0 amide bonds. The van der Waals surface area contributed by atoms with Crippen molar-refractivity contribution >= 4 is 62.4 Å². The van der Waals surface area contributed by atoms with Gasteiger partial charge in [-0.15, -0.1) is 0 Å². The summed E-state index contributed by atoms with van der Waals surface area (Å²) < 4.78 is 49.5. The maximum atomic E-state index is 13.5. The molecule has 27 heavy (non-hydrogen) atoms. The van der Waals surface area contributed by atoms with Gasteiger partial charge in [0.15, 0.2) is 5.65 Å². The van der Waals surface area contributed by atoms with E-state index in [1.807, 2.05) is 11.8 Å². The molecule has 2 aromatic heterocycles. The highest BCUT2D eigenvalue weighted by Crippen LogP contribution is 2.42. The Balaban J connectivity index is 2.04. The summed E-state index contributed by atoms with van der Waals surface area (Å²) in [4.78, 5) is 18.9. The van der Waals surface area contributed by atoms with Gasteiger partial charge in [-0.25, -0.2) is 10.9 Å². The molecule has 4 heterocycles. The van der Waals surface area contributed by atoms with Crippen molar-refractivity contribution in [3.05, 3.63) is 27.7 Å². The second-order valence-corrected chi connectivity index (χ2v) is 9.01. The van der Waals surface area contributed by atoms with Crippen LogP contribution in [0.4, 0.5) is 18.9 Å². The van der Waals surface area contributed by atoms with Gasteiger partial charge in [-0.3, -0.25) is 4.79 Å². The molecule has 0 aliphatic carbocycles. The Morgan fingerprint density at radius 3 is 2.67 bits per heavy atom. The Kier molecular flexibility index (Phi) is 4.77. The van der Waals surface area contributed by atoms with E-state index in [1.54, 1.807) is 22.9 Å². The standard InChI is InChI=1S/C16H15F3I2N4O2/c1-7-4-23-9(5-24(7)20)6-27-13-12(23)10-3-11(16(17,18)19)8(2)22-14(10)25(21)15(13)26/h3,7,9H,4-6H2,1-2H3. The molecule has 11 heteroatoms. The molecule has 0 aromatic carbocycles. The highest BCUT2D eigenvalue weighted by atomic mass is 127. The quantitative estimate of drug-likeness (QED) is 0.340. The fourth-order valence-electron chi connectivity index (χ4n) is 3.63. The first-order chi connectivity index (χ1) is 12.6. The van der Waals surface area contributed by atoms with Crippen molar-refractivity contribution in [1.29, 1.82) is 0 Å². The van der Waals surface area contributed by atoms with Crippen LogP contribution in [-0.4, -0.2) is 42.7 Å². The molecule has 2 aromatic rings. The van der Waals surface area contributed by atoms with E-state index in [9.17, 15) is 18.0 Å². The van der Waals surface area contributed by atoms with E-state index in [4.69, 9.17) is 4.74 Å². The lowest BCUT2D eigenvalue weighted by atomic mass is 10.0. The zero-order valence-electron chi connectivity index (χ0n) is 14.3. The van der Waals surface area contributed by atoms with Gasteiger partial charge in [0.05, 0.1) is 45.9 Å². The third-order valence-electron chi connectivity index (χ3n) is 5.00. The predicted octanol–water partition coefficient (Wildman–Crippen LogP) is 3.54. The van der Waals surface area contributed by atoms with E-state index in [0.29, 0.717) is 25.4 Å². The van der Waals surface area contributed by atoms with Crippen LogP contribution in [0.5, 0.6) is 5.75 Å². The number of aromatic nitrogens is 2. The van der Waals surface area contributed by atoms with Crippen molar-refractivity contribution in [2.45, 2.75) is 32.1 Å². The van der Waals surface area contributed by atoms with Crippen LogP contribution in [0.3, 0.4) is 0 Å². The lowest BCUT2D eigenvalue weighted by Gasteiger charge is -2.46. The Morgan fingerprint density at radius 2 is 2.00 bits per heavy atom. The fraction of sp³-hybridized carbons (Fsp3) is 0.500. The van der Waals surface area contributed by atoms with Gasteiger partial charge in [-0.2, -0.15) is 13.2 Å². The number of alkyl halides is 3.